The van der Waals surface area contributed by atoms with Gasteiger partial charge in [0.2, 0.25) is 0 Å². The SMILES string of the molecule is CCOC(=O)C(C)CN1CCCN([Si](c2ccccc2)(c2ccccc2)C(C)(C)C)C1. The lowest BCUT2D eigenvalue weighted by Gasteiger charge is -2.54. The third-order valence-electron chi connectivity index (χ3n) is 6.44. The Morgan fingerprint density at radius 2 is 1.55 bits per heavy atom. The second kappa shape index (κ2) is 10.1. The van der Waals surface area contributed by atoms with Gasteiger partial charge in [-0.25, -0.2) is 0 Å². The Labute approximate surface area is 189 Å². The number of hydrogen-bond acceptors (Lipinski definition) is 4. The van der Waals surface area contributed by atoms with Gasteiger partial charge in [-0.1, -0.05) is 88.4 Å². The van der Waals surface area contributed by atoms with Gasteiger partial charge in [0.25, 0.3) is 0 Å². The van der Waals surface area contributed by atoms with Crippen molar-refractivity contribution in [3.8, 4) is 0 Å². The Hall–Kier alpha value is -1.95. The zero-order chi connectivity index (χ0) is 22.5. The Balaban J connectivity index is 2.01. The van der Waals surface area contributed by atoms with E-state index in [0.717, 1.165) is 32.7 Å². The summed E-state index contributed by atoms with van der Waals surface area (Å²) in [5, 5.41) is 2.99. The summed E-state index contributed by atoms with van der Waals surface area (Å²) >= 11 is 0. The monoisotopic (exact) mass is 438 g/mol. The first-order valence-corrected chi connectivity index (χ1v) is 13.5. The second-order valence-electron chi connectivity index (χ2n) is 9.68. The van der Waals surface area contributed by atoms with Crippen LogP contribution in [0, 0.1) is 5.92 Å². The molecule has 0 saturated carbocycles. The molecule has 2 aromatic carbocycles. The molecule has 3 rings (SSSR count). The molecule has 1 unspecified atom stereocenters. The van der Waals surface area contributed by atoms with Crippen LogP contribution in [0.15, 0.2) is 60.7 Å². The highest BCUT2D eigenvalue weighted by Crippen LogP contribution is 2.39. The molecule has 1 aliphatic heterocycles. The number of ether oxygens (including phenoxy) is 1. The first-order valence-electron chi connectivity index (χ1n) is 11.6. The second-order valence-corrected chi connectivity index (χ2v) is 14.4. The molecule has 1 saturated heterocycles. The fourth-order valence-corrected chi connectivity index (χ4v) is 11.3. The van der Waals surface area contributed by atoms with E-state index in [9.17, 15) is 4.79 Å². The van der Waals surface area contributed by atoms with E-state index in [0.29, 0.717) is 6.61 Å². The van der Waals surface area contributed by atoms with Crippen molar-refractivity contribution in [1.82, 2.24) is 9.47 Å². The summed E-state index contributed by atoms with van der Waals surface area (Å²) in [5.74, 6) is -0.205. The van der Waals surface area contributed by atoms with Crippen LogP contribution in [0.5, 0.6) is 0 Å². The maximum Gasteiger partial charge on any atom is 0.309 e. The van der Waals surface area contributed by atoms with Crippen LogP contribution in [0.3, 0.4) is 0 Å². The molecule has 31 heavy (non-hydrogen) atoms. The van der Waals surface area contributed by atoms with E-state index in [-0.39, 0.29) is 16.9 Å². The van der Waals surface area contributed by atoms with Crippen LogP contribution in [0.25, 0.3) is 0 Å². The molecule has 4 nitrogen and oxygen atoms in total. The van der Waals surface area contributed by atoms with Gasteiger partial charge in [0.15, 0.2) is 8.24 Å². The van der Waals surface area contributed by atoms with Crippen LogP contribution in [-0.4, -0.2) is 56.6 Å². The highest BCUT2D eigenvalue weighted by Gasteiger charge is 2.53. The van der Waals surface area contributed by atoms with E-state index in [4.69, 9.17) is 4.74 Å². The lowest BCUT2D eigenvalue weighted by molar-refractivity contribution is -0.148. The van der Waals surface area contributed by atoms with Gasteiger partial charge >= 0.3 is 5.97 Å². The van der Waals surface area contributed by atoms with Crippen molar-refractivity contribution in [3.63, 3.8) is 0 Å². The van der Waals surface area contributed by atoms with Crippen LogP contribution in [0.4, 0.5) is 0 Å². The summed E-state index contributed by atoms with van der Waals surface area (Å²) in [6, 6.07) is 22.2. The number of esters is 1. The van der Waals surface area contributed by atoms with E-state index < -0.39 is 8.24 Å². The van der Waals surface area contributed by atoms with Crippen LogP contribution in [0.1, 0.15) is 41.0 Å². The largest absolute Gasteiger partial charge is 0.466 e. The molecule has 168 valence electrons. The topological polar surface area (TPSA) is 32.8 Å². The van der Waals surface area contributed by atoms with Crippen molar-refractivity contribution in [2.24, 2.45) is 5.92 Å². The maximum absolute atomic E-state index is 12.2. The van der Waals surface area contributed by atoms with Gasteiger partial charge in [0.1, 0.15) is 0 Å². The summed E-state index contributed by atoms with van der Waals surface area (Å²) in [7, 11) is -2.31. The molecule has 1 fully saturated rings. The number of benzene rings is 2. The van der Waals surface area contributed by atoms with Crippen molar-refractivity contribution < 1.29 is 9.53 Å². The smallest absolute Gasteiger partial charge is 0.309 e. The number of nitrogens with zero attached hydrogens (tertiary/aromatic N) is 2. The minimum Gasteiger partial charge on any atom is -0.466 e. The first-order chi connectivity index (χ1) is 14.8. The highest BCUT2D eigenvalue weighted by atomic mass is 28.3. The molecule has 0 aliphatic carbocycles. The van der Waals surface area contributed by atoms with E-state index in [2.05, 4.69) is 90.9 Å². The fourth-order valence-electron chi connectivity index (χ4n) is 5.27. The summed E-state index contributed by atoms with van der Waals surface area (Å²) in [4.78, 5) is 14.7. The molecule has 0 bridgehead atoms. The molecule has 0 N–H and O–H groups in total. The molecular weight excluding hydrogens is 400 g/mol. The summed E-state index contributed by atoms with van der Waals surface area (Å²) in [6.07, 6.45) is 1.11. The van der Waals surface area contributed by atoms with E-state index >= 15 is 0 Å². The van der Waals surface area contributed by atoms with Gasteiger partial charge in [0.05, 0.1) is 12.5 Å². The average molecular weight is 439 g/mol. The predicted molar refractivity (Wildman–Crippen MR) is 131 cm³/mol. The molecule has 5 heteroatoms. The lowest BCUT2D eigenvalue weighted by Crippen LogP contribution is -2.77. The minimum absolute atomic E-state index is 0.0888. The predicted octanol–water partition coefficient (Wildman–Crippen LogP) is 3.71. The zero-order valence-electron chi connectivity index (χ0n) is 19.8. The van der Waals surface area contributed by atoms with Crippen molar-refractivity contribution in [2.45, 2.75) is 46.1 Å². The zero-order valence-corrected chi connectivity index (χ0v) is 20.8. The molecule has 1 aliphatic rings. The van der Waals surface area contributed by atoms with E-state index in [1.165, 1.54) is 10.4 Å². The molecule has 0 radical (unpaired) electrons. The lowest BCUT2D eigenvalue weighted by atomic mass is 10.1. The normalized spacial score (nSPS) is 17.3. The Kier molecular flexibility index (Phi) is 7.73. The average Bonchev–Trinajstić information content (AvgIpc) is 2.75. The number of hydrogen-bond donors (Lipinski definition) is 0. The first kappa shape index (κ1) is 23.7. The van der Waals surface area contributed by atoms with Crippen LogP contribution >= 0.6 is 0 Å². The minimum atomic E-state index is -2.31. The maximum atomic E-state index is 12.2. The summed E-state index contributed by atoms with van der Waals surface area (Å²) < 4.78 is 8.02. The van der Waals surface area contributed by atoms with Crippen molar-refractivity contribution in [3.05, 3.63) is 60.7 Å². The third kappa shape index (κ3) is 4.94. The van der Waals surface area contributed by atoms with Crippen molar-refractivity contribution >= 4 is 24.6 Å². The number of carbonyl (C=O) groups excluding carboxylic acids is 1. The quantitative estimate of drug-likeness (QED) is 0.487. The molecule has 2 aromatic rings. The number of carbonyl (C=O) groups is 1. The van der Waals surface area contributed by atoms with Crippen molar-refractivity contribution in [2.75, 3.05) is 32.9 Å². The van der Waals surface area contributed by atoms with Gasteiger partial charge in [-0.05, 0) is 35.3 Å². The standard InChI is InChI=1S/C26H38N2O2Si/c1-6-30-25(29)22(2)20-27-18-13-19-28(21-27)31(26(3,4)5,23-14-9-7-10-15-23)24-16-11-8-12-17-24/h7-12,14-17,22H,6,13,18-21H2,1-5H3. The van der Waals surface area contributed by atoms with Gasteiger partial charge < -0.3 is 9.30 Å². The Morgan fingerprint density at radius 3 is 2.03 bits per heavy atom. The summed E-state index contributed by atoms with van der Waals surface area (Å²) in [5.41, 5.74) is 0. The van der Waals surface area contributed by atoms with Crippen LogP contribution in [-0.2, 0) is 9.53 Å². The Bertz CT molecular complexity index is 796. The molecule has 1 heterocycles. The van der Waals surface area contributed by atoms with Gasteiger partial charge in [-0.3, -0.25) is 9.69 Å². The third-order valence-corrected chi connectivity index (χ3v) is 12.3. The highest BCUT2D eigenvalue weighted by molar-refractivity contribution is 7.02. The van der Waals surface area contributed by atoms with E-state index in [1.54, 1.807) is 0 Å². The molecule has 0 aromatic heterocycles. The van der Waals surface area contributed by atoms with Gasteiger partial charge in [-0.15, -0.1) is 0 Å². The molecule has 0 spiro atoms. The fraction of sp³-hybridized carbons (Fsp3) is 0.500. The Morgan fingerprint density at radius 1 is 1.00 bits per heavy atom. The van der Waals surface area contributed by atoms with Crippen molar-refractivity contribution in [1.29, 1.82) is 0 Å². The van der Waals surface area contributed by atoms with Crippen LogP contribution < -0.4 is 10.4 Å². The number of rotatable bonds is 7. The molecule has 0 amide bonds. The van der Waals surface area contributed by atoms with Gasteiger partial charge in [-0.2, -0.15) is 0 Å². The molecule has 1 atom stereocenters. The summed E-state index contributed by atoms with van der Waals surface area (Å²) in [6.45, 7) is 15.2. The van der Waals surface area contributed by atoms with Gasteiger partial charge in [0, 0.05) is 19.8 Å². The molecular formula is C26H38N2O2Si. The van der Waals surface area contributed by atoms with E-state index in [1.807, 2.05) is 13.8 Å². The van der Waals surface area contributed by atoms with Crippen LogP contribution in [0.2, 0.25) is 5.04 Å².